The third kappa shape index (κ3) is 5.65. The van der Waals surface area contributed by atoms with Gasteiger partial charge >= 0.3 is 0 Å². The van der Waals surface area contributed by atoms with Gasteiger partial charge in [-0.25, -0.2) is 4.39 Å². The van der Waals surface area contributed by atoms with Crippen LogP contribution in [0.4, 0.5) is 4.39 Å². The number of amides is 1. The number of nitrogens with zero attached hydrogens (tertiary/aromatic N) is 1. The molecule has 0 saturated carbocycles. The van der Waals surface area contributed by atoms with Crippen LogP contribution in [0.3, 0.4) is 0 Å². The van der Waals surface area contributed by atoms with Crippen LogP contribution >= 0.6 is 0 Å². The average Bonchev–Trinajstić information content (AvgIpc) is 2.52. The summed E-state index contributed by atoms with van der Waals surface area (Å²) in [4.78, 5) is 13.9. The minimum Gasteiger partial charge on any atom is -0.379 e. The van der Waals surface area contributed by atoms with E-state index in [9.17, 15) is 9.18 Å². The first kappa shape index (κ1) is 15.7. The molecule has 1 aromatic rings. The maximum Gasteiger partial charge on any atom is 0.244 e. The van der Waals surface area contributed by atoms with Gasteiger partial charge in [0, 0.05) is 31.3 Å². The van der Waals surface area contributed by atoms with E-state index in [1.165, 1.54) is 18.2 Å². The lowest BCUT2D eigenvalue weighted by Gasteiger charge is -2.26. The second-order valence-corrected chi connectivity index (χ2v) is 4.95. The Labute approximate surface area is 124 Å². The minimum atomic E-state index is -0.325. The van der Waals surface area contributed by atoms with Gasteiger partial charge in [0.1, 0.15) is 5.82 Å². The molecule has 1 aliphatic heterocycles. The standard InChI is InChI=1S/C16H21FN2O2/c17-15-5-2-1-4-14(15)6-7-16(20)18-8-3-9-19-10-12-21-13-11-19/h1-2,4-7H,3,8-13H2,(H,18,20). The highest BCUT2D eigenvalue weighted by Gasteiger charge is 2.09. The zero-order chi connectivity index (χ0) is 14.9. The largest absolute Gasteiger partial charge is 0.379 e. The number of carbonyl (C=O) groups excluding carboxylic acids is 1. The van der Waals surface area contributed by atoms with Gasteiger partial charge in [-0.2, -0.15) is 0 Å². The number of nitrogens with one attached hydrogen (secondary N) is 1. The van der Waals surface area contributed by atoms with E-state index in [2.05, 4.69) is 10.2 Å². The molecule has 1 N–H and O–H groups in total. The lowest BCUT2D eigenvalue weighted by molar-refractivity contribution is -0.116. The summed E-state index contributed by atoms with van der Waals surface area (Å²) in [7, 11) is 0. The lowest BCUT2D eigenvalue weighted by atomic mass is 10.2. The number of ether oxygens (including phenoxy) is 1. The van der Waals surface area contributed by atoms with Crippen LogP contribution in [-0.4, -0.2) is 50.2 Å². The molecular weight excluding hydrogens is 271 g/mol. The summed E-state index contributed by atoms with van der Waals surface area (Å²) >= 11 is 0. The van der Waals surface area contributed by atoms with Crippen LogP contribution in [0.2, 0.25) is 0 Å². The van der Waals surface area contributed by atoms with Gasteiger partial charge in [0.25, 0.3) is 0 Å². The third-order valence-electron chi connectivity index (χ3n) is 3.37. The van der Waals surface area contributed by atoms with Crippen LogP contribution in [-0.2, 0) is 9.53 Å². The van der Waals surface area contributed by atoms with Crippen molar-refractivity contribution in [3.8, 4) is 0 Å². The monoisotopic (exact) mass is 292 g/mol. The molecule has 114 valence electrons. The number of hydrogen-bond donors (Lipinski definition) is 1. The number of rotatable bonds is 6. The van der Waals surface area contributed by atoms with Crippen LogP contribution in [0.5, 0.6) is 0 Å². The van der Waals surface area contributed by atoms with Crippen molar-refractivity contribution in [2.75, 3.05) is 39.4 Å². The lowest BCUT2D eigenvalue weighted by Crippen LogP contribution is -2.38. The summed E-state index contributed by atoms with van der Waals surface area (Å²) in [6.07, 6.45) is 3.76. The smallest absolute Gasteiger partial charge is 0.244 e. The highest BCUT2D eigenvalue weighted by atomic mass is 19.1. The van der Waals surface area contributed by atoms with E-state index in [0.717, 1.165) is 39.3 Å². The third-order valence-corrected chi connectivity index (χ3v) is 3.37. The van der Waals surface area contributed by atoms with E-state index in [1.807, 2.05) is 0 Å². The summed E-state index contributed by atoms with van der Waals surface area (Å²) in [5.41, 5.74) is 0.418. The van der Waals surface area contributed by atoms with Gasteiger partial charge < -0.3 is 10.1 Å². The van der Waals surface area contributed by atoms with Gasteiger partial charge in [-0.3, -0.25) is 9.69 Å². The van der Waals surface area contributed by atoms with Crippen LogP contribution in [0.15, 0.2) is 30.3 Å². The molecule has 4 nitrogen and oxygen atoms in total. The maximum atomic E-state index is 13.4. The van der Waals surface area contributed by atoms with Gasteiger partial charge in [0.2, 0.25) is 5.91 Å². The van der Waals surface area contributed by atoms with Crippen molar-refractivity contribution in [1.82, 2.24) is 10.2 Å². The van der Waals surface area contributed by atoms with Crippen molar-refractivity contribution in [2.45, 2.75) is 6.42 Å². The zero-order valence-electron chi connectivity index (χ0n) is 12.1. The number of benzene rings is 1. The van der Waals surface area contributed by atoms with Gasteiger partial charge in [-0.15, -0.1) is 0 Å². The first-order chi connectivity index (χ1) is 10.3. The molecule has 0 unspecified atom stereocenters. The predicted octanol–water partition coefficient (Wildman–Crippen LogP) is 1.68. The molecule has 0 radical (unpaired) electrons. The minimum absolute atomic E-state index is 0.194. The zero-order valence-corrected chi connectivity index (χ0v) is 12.1. The second-order valence-electron chi connectivity index (χ2n) is 4.95. The SMILES string of the molecule is O=C(C=Cc1ccccc1F)NCCCN1CCOCC1. The van der Waals surface area contributed by atoms with Gasteiger partial charge in [0.15, 0.2) is 0 Å². The molecule has 0 bridgehead atoms. The van der Waals surface area contributed by atoms with Crippen LogP contribution < -0.4 is 5.32 Å². The van der Waals surface area contributed by atoms with Crippen molar-refractivity contribution in [3.05, 3.63) is 41.7 Å². The normalized spacial score (nSPS) is 16.2. The Balaban J connectivity index is 1.64. The Kier molecular flexibility index (Phi) is 6.37. The van der Waals surface area contributed by atoms with Crippen LogP contribution in [0, 0.1) is 5.82 Å². The number of carbonyl (C=O) groups is 1. The van der Waals surface area contributed by atoms with Gasteiger partial charge in [0.05, 0.1) is 13.2 Å². The molecule has 0 aliphatic carbocycles. The summed E-state index contributed by atoms with van der Waals surface area (Å²) in [6, 6.07) is 6.37. The molecule has 1 aliphatic rings. The fourth-order valence-electron chi connectivity index (χ4n) is 2.17. The highest BCUT2D eigenvalue weighted by Crippen LogP contribution is 2.07. The molecule has 21 heavy (non-hydrogen) atoms. The van der Waals surface area contributed by atoms with E-state index < -0.39 is 0 Å². The Bertz CT molecular complexity index is 485. The molecule has 2 rings (SSSR count). The van der Waals surface area contributed by atoms with Crippen molar-refractivity contribution in [1.29, 1.82) is 0 Å². The van der Waals surface area contributed by atoms with E-state index in [1.54, 1.807) is 18.2 Å². The van der Waals surface area contributed by atoms with Gasteiger partial charge in [-0.1, -0.05) is 18.2 Å². The van der Waals surface area contributed by atoms with Gasteiger partial charge in [-0.05, 0) is 25.1 Å². The quantitative estimate of drug-likeness (QED) is 0.641. The van der Waals surface area contributed by atoms with E-state index in [-0.39, 0.29) is 11.7 Å². The fourth-order valence-corrected chi connectivity index (χ4v) is 2.17. The molecule has 0 spiro atoms. The summed E-state index contributed by atoms with van der Waals surface area (Å²) in [5.74, 6) is -0.519. The van der Waals surface area contributed by atoms with E-state index >= 15 is 0 Å². The summed E-state index contributed by atoms with van der Waals surface area (Å²) in [5, 5.41) is 2.81. The van der Waals surface area contributed by atoms with Crippen LogP contribution in [0.25, 0.3) is 6.08 Å². The highest BCUT2D eigenvalue weighted by molar-refractivity contribution is 5.91. The summed E-state index contributed by atoms with van der Waals surface area (Å²) in [6.45, 7) is 5.08. The Morgan fingerprint density at radius 2 is 2.10 bits per heavy atom. The number of morpholine rings is 1. The van der Waals surface area contributed by atoms with Crippen LogP contribution in [0.1, 0.15) is 12.0 Å². The Morgan fingerprint density at radius 3 is 2.86 bits per heavy atom. The molecule has 0 atom stereocenters. The Hall–Kier alpha value is -1.72. The topological polar surface area (TPSA) is 41.6 Å². The van der Waals surface area contributed by atoms with Crippen molar-refractivity contribution in [2.24, 2.45) is 0 Å². The van der Waals surface area contributed by atoms with Crippen molar-refractivity contribution >= 4 is 12.0 Å². The molecule has 1 heterocycles. The molecule has 1 saturated heterocycles. The molecule has 1 amide bonds. The Morgan fingerprint density at radius 1 is 1.33 bits per heavy atom. The molecule has 1 fully saturated rings. The maximum absolute atomic E-state index is 13.4. The fraction of sp³-hybridized carbons (Fsp3) is 0.438. The first-order valence-electron chi connectivity index (χ1n) is 7.26. The molecular formula is C16H21FN2O2. The number of halogens is 1. The first-order valence-corrected chi connectivity index (χ1v) is 7.26. The summed E-state index contributed by atoms with van der Waals surface area (Å²) < 4.78 is 18.6. The average molecular weight is 292 g/mol. The predicted molar refractivity (Wildman–Crippen MR) is 80.3 cm³/mol. The van der Waals surface area contributed by atoms with Crippen molar-refractivity contribution < 1.29 is 13.9 Å². The number of hydrogen-bond acceptors (Lipinski definition) is 3. The molecule has 0 aromatic heterocycles. The van der Waals surface area contributed by atoms with Crippen molar-refractivity contribution in [3.63, 3.8) is 0 Å². The second kappa shape index (κ2) is 8.54. The molecule has 1 aromatic carbocycles. The van der Waals surface area contributed by atoms with E-state index in [0.29, 0.717) is 12.1 Å². The van der Waals surface area contributed by atoms with E-state index in [4.69, 9.17) is 4.74 Å². The molecule has 5 heteroatoms.